The number of aromatic nitrogens is 1. The molecule has 0 aliphatic rings. The maximum atomic E-state index is 5.15. The molecule has 0 unspecified atom stereocenters. The fourth-order valence-electron chi connectivity index (χ4n) is 1.19. The molecule has 16 heavy (non-hydrogen) atoms. The summed E-state index contributed by atoms with van der Waals surface area (Å²) in [5.41, 5.74) is 1.11. The fraction of sp³-hybridized carbons (Fsp3) is 0.455. The van der Waals surface area contributed by atoms with Gasteiger partial charge in [0.2, 0.25) is 0 Å². The van der Waals surface area contributed by atoms with Crippen molar-refractivity contribution in [3.8, 4) is 12.3 Å². The van der Waals surface area contributed by atoms with Crippen molar-refractivity contribution in [2.45, 2.75) is 13.3 Å². The van der Waals surface area contributed by atoms with Gasteiger partial charge >= 0.3 is 0 Å². The van der Waals surface area contributed by atoms with Gasteiger partial charge in [-0.15, -0.1) is 17.8 Å². The number of hydrogen-bond acceptors (Lipinski definition) is 3. The van der Waals surface area contributed by atoms with Crippen LogP contribution in [0.25, 0.3) is 0 Å². The van der Waals surface area contributed by atoms with Crippen LogP contribution in [0.15, 0.2) is 10.4 Å². The van der Waals surface area contributed by atoms with E-state index in [-0.39, 0.29) is 0 Å². The molecule has 2 N–H and O–H groups in total. The highest BCUT2D eigenvalue weighted by Crippen LogP contribution is 2.07. The molecule has 0 bridgehead atoms. The van der Waals surface area contributed by atoms with E-state index in [4.69, 9.17) is 6.42 Å². The van der Waals surface area contributed by atoms with Crippen LogP contribution in [0.1, 0.15) is 10.7 Å². The van der Waals surface area contributed by atoms with Crippen molar-refractivity contribution in [1.29, 1.82) is 0 Å². The largest absolute Gasteiger partial charge is 0.356 e. The Balaban J connectivity index is 2.26. The molecule has 0 radical (unpaired) electrons. The van der Waals surface area contributed by atoms with Crippen LogP contribution in [0.3, 0.4) is 0 Å². The van der Waals surface area contributed by atoms with Gasteiger partial charge in [0.25, 0.3) is 0 Å². The zero-order valence-corrected chi connectivity index (χ0v) is 10.4. The number of aliphatic imine (C=N–C) groups is 1. The number of guanidine groups is 1. The van der Waals surface area contributed by atoms with Gasteiger partial charge in [-0.2, -0.15) is 0 Å². The van der Waals surface area contributed by atoms with Gasteiger partial charge in [-0.05, 0) is 6.92 Å². The molecule has 1 heterocycles. The molecule has 0 aliphatic carbocycles. The van der Waals surface area contributed by atoms with Crippen molar-refractivity contribution in [2.75, 3.05) is 20.1 Å². The van der Waals surface area contributed by atoms with Crippen molar-refractivity contribution < 1.29 is 0 Å². The Morgan fingerprint density at radius 2 is 2.44 bits per heavy atom. The van der Waals surface area contributed by atoms with Gasteiger partial charge in [0.05, 0.1) is 17.2 Å². The molecule has 0 saturated heterocycles. The van der Waals surface area contributed by atoms with Crippen molar-refractivity contribution >= 4 is 17.3 Å². The van der Waals surface area contributed by atoms with E-state index >= 15 is 0 Å². The molecule has 0 aliphatic heterocycles. The second-order valence-corrected chi connectivity index (χ2v) is 4.23. The first-order chi connectivity index (χ1) is 7.76. The lowest BCUT2D eigenvalue weighted by atomic mass is 10.3. The Morgan fingerprint density at radius 3 is 3.00 bits per heavy atom. The van der Waals surface area contributed by atoms with E-state index in [1.807, 2.05) is 6.92 Å². The third kappa shape index (κ3) is 4.32. The zero-order valence-electron chi connectivity index (χ0n) is 9.58. The minimum Gasteiger partial charge on any atom is -0.356 e. The van der Waals surface area contributed by atoms with Crippen LogP contribution in [0.5, 0.6) is 0 Å². The number of aryl methyl sites for hydroxylation is 1. The summed E-state index contributed by atoms with van der Waals surface area (Å²) in [7, 11) is 1.72. The Bertz CT molecular complexity index is 389. The maximum absolute atomic E-state index is 5.15. The van der Waals surface area contributed by atoms with Gasteiger partial charge in [-0.25, -0.2) is 4.98 Å². The lowest BCUT2D eigenvalue weighted by Gasteiger charge is -2.08. The molecule has 0 fully saturated rings. The molecule has 0 atom stereocenters. The molecule has 1 rings (SSSR count). The Morgan fingerprint density at radius 1 is 1.62 bits per heavy atom. The van der Waals surface area contributed by atoms with Crippen LogP contribution in [-0.2, 0) is 6.42 Å². The fourth-order valence-corrected chi connectivity index (χ4v) is 1.83. The predicted octanol–water partition coefficient (Wildman–Crippen LogP) is 0.792. The summed E-state index contributed by atoms with van der Waals surface area (Å²) in [5, 5.41) is 9.35. The zero-order chi connectivity index (χ0) is 11.8. The Kier molecular flexibility index (Phi) is 5.37. The van der Waals surface area contributed by atoms with Crippen molar-refractivity contribution in [3.05, 3.63) is 16.1 Å². The first-order valence-electron chi connectivity index (χ1n) is 5.05. The molecule has 1 aromatic heterocycles. The summed E-state index contributed by atoms with van der Waals surface area (Å²) in [6, 6.07) is 0. The topological polar surface area (TPSA) is 49.3 Å². The summed E-state index contributed by atoms with van der Waals surface area (Å²) in [5.74, 6) is 3.23. The second-order valence-electron chi connectivity index (χ2n) is 3.16. The highest BCUT2D eigenvalue weighted by Gasteiger charge is 1.99. The molecular weight excluding hydrogens is 220 g/mol. The summed E-state index contributed by atoms with van der Waals surface area (Å²) >= 11 is 1.67. The summed E-state index contributed by atoms with van der Waals surface area (Å²) in [6.45, 7) is 3.29. The summed E-state index contributed by atoms with van der Waals surface area (Å²) < 4.78 is 0. The number of terminal acetylenes is 1. The van der Waals surface area contributed by atoms with Gasteiger partial charge in [0.1, 0.15) is 0 Å². The van der Waals surface area contributed by atoms with Gasteiger partial charge in [-0.1, -0.05) is 5.92 Å². The van der Waals surface area contributed by atoms with Crippen LogP contribution < -0.4 is 10.6 Å². The summed E-state index contributed by atoms with van der Waals surface area (Å²) in [6.07, 6.45) is 6.04. The Hall–Kier alpha value is -1.54. The van der Waals surface area contributed by atoms with Gasteiger partial charge in [0.15, 0.2) is 5.96 Å². The smallest absolute Gasteiger partial charge is 0.191 e. The number of rotatable bonds is 4. The lowest BCUT2D eigenvalue weighted by Crippen LogP contribution is -2.38. The first kappa shape index (κ1) is 12.5. The third-order valence-electron chi connectivity index (χ3n) is 1.92. The standard InChI is InChI=1S/C11H16N4S/c1-4-6-13-11(12-3)14-7-5-10-8-16-9(2)15-10/h1,8H,5-7H2,2-3H3,(H2,12,13,14). The minimum absolute atomic E-state index is 0.482. The van der Waals surface area contributed by atoms with E-state index in [0.717, 1.165) is 29.6 Å². The molecule has 5 heteroatoms. The number of nitrogens with one attached hydrogen (secondary N) is 2. The van der Waals surface area contributed by atoms with Crippen LogP contribution >= 0.6 is 11.3 Å². The van der Waals surface area contributed by atoms with Crippen LogP contribution in [-0.4, -0.2) is 31.1 Å². The number of hydrogen-bond donors (Lipinski definition) is 2. The van der Waals surface area contributed by atoms with E-state index in [0.29, 0.717) is 6.54 Å². The predicted molar refractivity (Wildman–Crippen MR) is 68.8 cm³/mol. The lowest BCUT2D eigenvalue weighted by molar-refractivity contribution is 0.811. The monoisotopic (exact) mass is 236 g/mol. The van der Waals surface area contributed by atoms with Crippen molar-refractivity contribution in [3.63, 3.8) is 0 Å². The molecular formula is C11H16N4S. The molecule has 0 saturated carbocycles. The van der Waals surface area contributed by atoms with Crippen molar-refractivity contribution in [2.24, 2.45) is 4.99 Å². The van der Waals surface area contributed by atoms with Crippen molar-refractivity contribution in [1.82, 2.24) is 15.6 Å². The highest BCUT2D eigenvalue weighted by atomic mass is 32.1. The third-order valence-corrected chi connectivity index (χ3v) is 2.74. The second kappa shape index (κ2) is 6.85. The maximum Gasteiger partial charge on any atom is 0.191 e. The quantitative estimate of drug-likeness (QED) is 0.462. The van der Waals surface area contributed by atoms with E-state index in [2.05, 4.69) is 31.9 Å². The average molecular weight is 236 g/mol. The van der Waals surface area contributed by atoms with Crippen LogP contribution in [0.4, 0.5) is 0 Å². The van der Waals surface area contributed by atoms with Gasteiger partial charge < -0.3 is 10.6 Å². The van der Waals surface area contributed by atoms with Gasteiger partial charge in [-0.3, -0.25) is 4.99 Å². The number of thiazole rings is 1. The molecule has 86 valence electrons. The van der Waals surface area contributed by atoms with Crippen LogP contribution in [0.2, 0.25) is 0 Å². The molecule has 1 aromatic rings. The minimum atomic E-state index is 0.482. The molecule has 0 aromatic carbocycles. The summed E-state index contributed by atoms with van der Waals surface area (Å²) in [4.78, 5) is 8.42. The van der Waals surface area contributed by atoms with E-state index < -0.39 is 0 Å². The van der Waals surface area contributed by atoms with E-state index in [1.165, 1.54) is 0 Å². The van der Waals surface area contributed by atoms with Gasteiger partial charge in [0, 0.05) is 25.4 Å². The first-order valence-corrected chi connectivity index (χ1v) is 5.93. The van der Waals surface area contributed by atoms with E-state index in [1.54, 1.807) is 18.4 Å². The Labute approximate surface area is 100 Å². The van der Waals surface area contributed by atoms with E-state index in [9.17, 15) is 0 Å². The SMILES string of the molecule is C#CCNC(=NC)NCCc1csc(C)n1. The normalized spacial score (nSPS) is 10.9. The average Bonchev–Trinajstić information content (AvgIpc) is 2.69. The molecule has 4 nitrogen and oxygen atoms in total. The van der Waals surface area contributed by atoms with Crippen LogP contribution in [0, 0.1) is 19.3 Å². The highest BCUT2D eigenvalue weighted by molar-refractivity contribution is 7.09. The number of nitrogens with zero attached hydrogens (tertiary/aromatic N) is 2. The molecule has 0 spiro atoms. The molecule has 0 amide bonds.